The van der Waals surface area contributed by atoms with Gasteiger partial charge < -0.3 is 15.5 Å². The highest BCUT2D eigenvalue weighted by molar-refractivity contribution is 5.83. The van der Waals surface area contributed by atoms with E-state index in [0.717, 1.165) is 29.2 Å². The van der Waals surface area contributed by atoms with Gasteiger partial charge in [-0.25, -0.2) is 0 Å². The van der Waals surface area contributed by atoms with E-state index in [0.29, 0.717) is 13.1 Å². The Kier molecular flexibility index (Phi) is 5.74. The molecule has 1 saturated heterocycles. The lowest BCUT2D eigenvalue weighted by Crippen LogP contribution is -2.38. The second kappa shape index (κ2) is 8.20. The van der Waals surface area contributed by atoms with Crippen molar-refractivity contribution in [3.05, 3.63) is 53.3 Å². The SMILES string of the molecule is CC(=O)NCC(=O)N1CCC(c2cc(Nc3ccc(C)cc3)cc(C)n2)C1. The zero-order chi connectivity index (χ0) is 19.4. The van der Waals surface area contributed by atoms with Crippen molar-refractivity contribution in [1.82, 2.24) is 15.2 Å². The maximum Gasteiger partial charge on any atom is 0.241 e. The van der Waals surface area contributed by atoms with E-state index in [2.05, 4.69) is 47.9 Å². The summed E-state index contributed by atoms with van der Waals surface area (Å²) >= 11 is 0. The molecule has 142 valence electrons. The van der Waals surface area contributed by atoms with Crippen molar-refractivity contribution >= 4 is 23.2 Å². The number of aromatic nitrogens is 1. The van der Waals surface area contributed by atoms with Gasteiger partial charge in [0.25, 0.3) is 0 Å². The zero-order valence-corrected chi connectivity index (χ0v) is 16.1. The first-order valence-electron chi connectivity index (χ1n) is 9.25. The number of hydrogen-bond donors (Lipinski definition) is 2. The van der Waals surface area contributed by atoms with Crippen LogP contribution in [0.15, 0.2) is 36.4 Å². The van der Waals surface area contributed by atoms with Gasteiger partial charge >= 0.3 is 0 Å². The van der Waals surface area contributed by atoms with Gasteiger partial charge in [0, 0.05) is 48.7 Å². The number of amides is 2. The largest absolute Gasteiger partial charge is 0.355 e. The molecule has 3 rings (SSSR count). The highest BCUT2D eigenvalue weighted by atomic mass is 16.2. The molecule has 1 fully saturated rings. The second-order valence-corrected chi connectivity index (χ2v) is 7.15. The number of benzene rings is 1. The van der Waals surface area contributed by atoms with E-state index in [1.165, 1.54) is 12.5 Å². The molecule has 1 unspecified atom stereocenters. The van der Waals surface area contributed by atoms with Gasteiger partial charge in [-0.2, -0.15) is 0 Å². The zero-order valence-electron chi connectivity index (χ0n) is 16.1. The molecular formula is C21H26N4O2. The summed E-state index contributed by atoms with van der Waals surface area (Å²) in [4.78, 5) is 29.7. The van der Waals surface area contributed by atoms with Crippen molar-refractivity contribution in [2.24, 2.45) is 0 Å². The normalized spacial score (nSPS) is 16.3. The van der Waals surface area contributed by atoms with Crippen LogP contribution in [0.1, 0.15) is 36.2 Å². The summed E-state index contributed by atoms with van der Waals surface area (Å²) in [6.07, 6.45) is 0.881. The number of likely N-dealkylation sites (tertiary alicyclic amines) is 1. The lowest BCUT2D eigenvalue weighted by atomic mass is 10.0. The van der Waals surface area contributed by atoms with Crippen LogP contribution in [0.3, 0.4) is 0 Å². The molecule has 1 atom stereocenters. The van der Waals surface area contributed by atoms with Gasteiger partial charge in [0.1, 0.15) is 0 Å². The van der Waals surface area contributed by atoms with Gasteiger partial charge in [0.05, 0.1) is 6.54 Å². The van der Waals surface area contributed by atoms with E-state index < -0.39 is 0 Å². The molecule has 1 aromatic carbocycles. The number of rotatable bonds is 5. The molecule has 6 heteroatoms. The number of nitrogens with zero attached hydrogens (tertiary/aromatic N) is 2. The van der Waals surface area contributed by atoms with Crippen LogP contribution in [-0.2, 0) is 9.59 Å². The van der Waals surface area contributed by atoms with Crippen LogP contribution >= 0.6 is 0 Å². The Balaban J connectivity index is 1.68. The van der Waals surface area contributed by atoms with Crippen LogP contribution in [0.2, 0.25) is 0 Å². The number of pyridine rings is 1. The van der Waals surface area contributed by atoms with E-state index in [9.17, 15) is 9.59 Å². The Morgan fingerprint density at radius 2 is 1.89 bits per heavy atom. The van der Waals surface area contributed by atoms with Crippen LogP contribution < -0.4 is 10.6 Å². The van der Waals surface area contributed by atoms with Gasteiger partial charge in [0.15, 0.2) is 0 Å². The van der Waals surface area contributed by atoms with E-state index in [1.54, 1.807) is 4.90 Å². The summed E-state index contributed by atoms with van der Waals surface area (Å²) in [5.41, 5.74) is 5.21. The minimum absolute atomic E-state index is 0.0432. The summed E-state index contributed by atoms with van der Waals surface area (Å²) < 4.78 is 0. The standard InChI is InChI=1S/C21H26N4O2/c1-14-4-6-18(7-5-14)24-19-10-15(2)23-20(11-19)17-8-9-25(13-17)21(27)12-22-16(3)26/h4-7,10-11,17H,8-9,12-13H2,1-3H3,(H,22,26)(H,23,24). The van der Waals surface area contributed by atoms with Crippen LogP contribution in [0, 0.1) is 13.8 Å². The molecule has 6 nitrogen and oxygen atoms in total. The summed E-state index contributed by atoms with van der Waals surface area (Å²) in [6.45, 7) is 6.86. The first-order valence-corrected chi connectivity index (χ1v) is 9.25. The third kappa shape index (κ3) is 5.06. The monoisotopic (exact) mass is 366 g/mol. The van der Waals surface area contributed by atoms with Gasteiger partial charge in [-0.1, -0.05) is 17.7 Å². The van der Waals surface area contributed by atoms with Crippen LogP contribution in [-0.4, -0.2) is 41.3 Å². The molecule has 2 N–H and O–H groups in total. The number of hydrogen-bond acceptors (Lipinski definition) is 4. The van der Waals surface area contributed by atoms with Crippen LogP contribution in [0.5, 0.6) is 0 Å². The average molecular weight is 366 g/mol. The minimum Gasteiger partial charge on any atom is -0.355 e. The van der Waals surface area contributed by atoms with Crippen molar-refractivity contribution in [2.45, 2.75) is 33.1 Å². The van der Waals surface area contributed by atoms with Crippen molar-refractivity contribution < 1.29 is 9.59 Å². The fraction of sp³-hybridized carbons (Fsp3) is 0.381. The Hall–Kier alpha value is -2.89. The Bertz CT molecular complexity index is 833. The predicted molar refractivity (Wildman–Crippen MR) is 106 cm³/mol. The third-order valence-electron chi connectivity index (χ3n) is 4.76. The molecule has 0 bridgehead atoms. The first kappa shape index (κ1) is 18.9. The fourth-order valence-corrected chi connectivity index (χ4v) is 3.32. The molecule has 1 aliphatic heterocycles. The quantitative estimate of drug-likeness (QED) is 0.853. The van der Waals surface area contributed by atoms with Crippen LogP contribution in [0.25, 0.3) is 0 Å². The molecule has 1 aliphatic rings. The molecular weight excluding hydrogens is 340 g/mol. The summed E-state index contributed by atoms with van der Waals surface area (Å²) in [6, 6.07) is 12.4. The summed E-state index contributed by atoms with van der Waals surface area (Å²) in [7, 11) is 0. The van der Waals surface area contributed by atoms with Gasteiger partial charge in [-0.15, -0.1) is 0 Å². The smallest absolute Gasteiger partial charge is 0.241 e. The predicted octanol–water partition coefficient (Wildman–Crippen LogP) is 2.89. The molecule has 27 heavy (non-hydrogen) atoms. The van der Waals surface area contributed by atoms with Crippen molar-refractivity contribution in [1.29, 1.82) is 0 Å². The molecule has 2 aromatic rings. The Labute approximate surface area is 160 Å². The third-order valence-corrected chi connectivity index (χ3v) is 4.76. The summed E-state index contributed by atoms with van der Waals surface area (Å²) in [5, 5.41) is 6.01. The lowest BCUT2D eigenvalue weighted by Gasteiger charge is -2.17. The van der Waals surface area contributed by atoms with E-state index in [1.807, 2.05) is 13.0 Å². The van der Waals surface area contributed by atoms with Gasteiger partial charge in [0.2, 0.25) is 11.8 Å². The van der Waals surface area contributed by atoms with Crippen LogP contribution in [0.4, 0.5) is 11.4 Å². The average Bonchev–Trinajstić information content (AvgIpc) is 3.11. The number of carbonyl (C=O) groups is 2. The van der Waals surface area contributed by atoms with Gasteiger partial charge in [-0.05, 0) is 44.5 Å². The van der Waals surface area contributed by atoms with E-state index in [-0.39, 0.29) is 24.3 Å². The first-order chi connectivity index (χ1) is 12.9. The highest BCUT2D eigenvalue weighted by Crippen LogP contribution is 2.29. The molecule has 1 aromatic heterocycles. The Morgan fingerprint density at radius 3 is 2.59 bits per heavy atom. The molecule has 2 amide bonds. The van der Waals surface area contributed by atoms with E-state index >= 15 is 0 Å². The maximum absolute atomic E-state index is 12.2. The number of nitrogens with one attached hydrogen (secondary N) is 2. The maximum atomic E-state index is 12.2. The molecule has 0 radical (unpaired) electrons. The number of anilines is 2. The highest BCUT2D eigenvalue weighted by Gasteiger charge is 2.28. The van der Waals surface area contributed by atoms with Crippen molar-refractivity contribution in [3.8, 4) is 0 Å². The minimum atomic E-state index is -0.189. The lowest BCUT2D eigenvalue weighted by molar-refractivity contribution is -0.131. The Morgan fingerprint density at radius 1 is 1.15 bits per heavy atom. The number of carbonyl (C=O) groups excluding carboxylic acids is 2. The summed E-state index contributed by atoms with van der Waals surface area (Å²) in [5.74, 6) is -0.0191. The fourth-order valence-electron chi connectivity index (χ4n) is 3.32. The van der Waals surface area contributed by atoms with Crippen molar-refractivity contribution in [2.75, 3.05) is 25.0 Å². The molecule has 0 saturated carbocycles. The van der Waals surface area contributed by atoms with E-state index in [4.69, 9.17) is 4.98 Å². The van der Waals surface area contributed by atoms with Gasteiger partial charge in [-0.3, -0.25) is 14.6 Å². The topological polar surface area (TPSA) is 74.3 Å². The number of aryl methyl sites for hydroxylation is 2. The molecule has 0 aliphatic carbocycles. The molecule has 2 heterocycles. The second-order valence-electron chi connectivity index (χ2n) is 7.15. The molecule has 0 spiro atoms. The van der Waals surface area contributed by atoms with Crippen molar-refractivity contribution in [3.63, 3.8) is 0 Å².